The summed E-state index contributed by atoms with van der Waals surface area (Å²) in [4.78, 5) is 30.4. The Kier molecular flexibility index (Phi) is 15.4. The number of Topliss-reactive ketones (excluding diaryl/α,β-unsaturated/α-hetero) is 3. The molecule has 6 N–H and O–H groups in total. The Morgan fingerprint density at radius 2 is 1.35 bits per heavy atom. The Balaban J connectivity index is -0.000000223. The van der Waals surface area contributed by atoms with E-state index in [0.717, 1.165) is 0 Å². The lowest BCUT2D eigenvalue weighted by Crippen LogP contribution is -2.33. The second-order valence-electron chi connectivity index (χ2n) is 5.52. The lowest BCUT2D eigenvalue weighted by molar-refractivity contribution is -0.120. The Labute approximate surface area is 122 Å². The average Bonchev–Trinajstić information content (AvgIpc) is 2.25. The van der Waals surface area contributed by atoms with E-state index in [9.17, 15) is 14.4 Å². The van der Waals surface area contributed by atoms with E-state index in [1.54, 1.807) is 13.8 Å². The van der Waals surface area contributed by atoms with E-state index in [1.165, 1.54) is 6.92 Å². The Morgan fingerprint density at radius 1 is 1.00 bits per heavy atom. The molecule has 0 radical (unpaired) electrons. The van der Waals surface area contributed by atoms with Gasteiger partial charge >= 0.3 is 0 Å². The summed E-state index contributed by atoms with van der Waals surface area (Å²) in [6.45, 7) is 10.7. The fourth-order valence-corrected chi connectivity index (χ4v) is 0.808. The van der Waals surface area contributed by atoms with Gasteiger partial charge in [0.15, 0.2) is 0 Å². The standard InChI is InChI=1S/C6H13NO.C5H11NO.C3H7NO/c1-5(8)4-6(2,3)7;1-4(3-6)5(2)7;1-3(5)2-4/h4,7H2,1-3H3;4H,3,6H2,1-2H3;2,4H2,1H3. The van der Waals surface area contributed by atoms with Gasteiger partial charge in [0.1, 0.15) is 17.3 Å². The van der Waals surface area contributed by atoms with Crippen molar-refractivity contribution in [1.29, 1.82) is 0 Å². The maximum atomic E-state index is 10.4. The predicted octanol–water partition coefficient (Wildman–Crippen LogP) is 0.407. The lowest BCUT2D eigenvalue weighted by Gasteiger charge is -2.14. The Bertz CT molecular complexity index is 297. The molecule has 20 heavy (non-hydrogen) atoms. The van der Waals surface area contributed by atoms with Gasteiger partial charge in [-0.25, -0.2) is 0 Å². The third-order valence-electron chi connectivity index (χ3n) is 2.04. The smallest absolute Gasteiger partial charge is 0.143 e. The quantitative estimate of drug-likeness (QED) is 0.672. The fraction of sp³-hybridized carbons (Fsp3) is 0.786. The Hall–Kier alpha value is -1.11. The molecular formula is C14H31N3O3. The molecule has 0 rings (SSSR count). The normalized spacial score (nSPS) is 11.2. The number of hydrogen-bond acceptors (Lipinski definition) is 6. The molecule has 0 aromatic carbocycles. The lowest BCUT2D eigenvalue weighted by atomic mass is 10.0. The minimum atomic E-state index is -0.328. The summed E-state index contributed by atoms with van der Waals surface area (Å²) in [5.74, 6) is 0.394. The Morgan fingerprint density at radius 3 is 1.35 bits per heavy atom. The molecule has 1 atom stereocenters. The SMILES string of the molecule is CC(=O)C(C)CN.CC(=O)CC(C)(C)N.CC(=O)CN. The zero-order valence-corrected chi connectivity index (χ0v) is 13.7. The van der Waals surface area contributed by atoms with Gasteiger partial charge in [0.2, 0.25) is 0 Å². The second-order valence-corrected chi connectivity index (χ2v) is 5.52. The summed E-state index contributed by atoms with van der Waals surface area (Å²) in [6, 6.07) is 0. The van der Waals surface area contributed by atoms with Crippen LogP contribution in [0.1, 0.15) is 48.0 Å². The highest BCUT2D eigenvalue weighted by Gasteiger charge is 2.12. The van der Waals surface area contributed by atoms with Crippen LogP contribution < -0.4 is 17.2 Å². The molecule has 0 amide bonds. The molecule has 0 aliphatic rings. The van der Waals surface area contributed by atoms with Gasteiger partial charge in [-0.15, -0.1) is 0 Å². The minimum Gasteiger partial charge on any atom is -0.330 e. The summed E-state index contributed by atoms with van der Waals surface area (Å²) in [5.41, 5.74) is 15.2. The summed E-state index contributed by atoms with van der Waals surface area (Å²) >= 11 is 0. The zero-order chi connectivity index (χ0) is 16.9. The highest BCUT2D eigenvalue weighted by atomic mass is 16.1. The third kappa shape index (κ3) is 30.2. The number of hydrogen-bond donors (Lipinski definition) is 3. The molecule has 6 nitrogen and oxygen atoms in total. The maximum Gasteiger partial charge on any atom is 0.143 e. The topological polar surface area (TPSA) is 129 Å². The van der Waals surface area contributed by atoms with Crippen LogP contribution in [0.25, 0.3) is 0 Å². The molecule has 0 aromatic heterocycles. The monoisotopic (exact) mass is 289 g/mol. The van der Waals surface area contributed by atoms with Crippen LogP contribution >= 0.6 is 0 Å². The van der Waals surface area contributed by atoms with Gasteiger partial charge in [0, 0.05) is 24.4 Å². The highest BCUT2D eigenvalue weighted by Crippen LogP contribution is 2.02. The number of carbonyl (C=O) groups is 3. The van der Waals surface area contributed by atoms with Crippen molar-refractivity contribution in [3.63, 3.8) is 0 Å². The van der Waals surface area contributed by atoms with Gasteiger partial charge in [-0.05, 0) is 34.6 Å². The van der Waals surface area contributed by atoms with E-state index in [-0.39, 0.29) is 35.4 Å². The van der Waals surface area contributed by atoms with Crippen molar-refractivity contribution >= 4 is 17.3 Å². The van der Waals surface area contributed by atoms with Gasteiger partial charge in [-0.2, -0.15) is 0 Å². The second kappa shape index (κ2) is 12.9. The molecule has 0 aliphatic carbocycles. The van der Waals surface area contributed by atoms with Crippen molar-refractivity contribution in [1.82, 2.24) is 0 Å². The van der Waals surface area contributed by atoms with Crippen molar-refractivity contribution in [3.8, 4) is 0 Å². The molecule has 0 aliphatic heterocycles. The zero-order valence-electron chi connectivity index (χ0n) is 13.7. The molecule has 0 saturated heterocycles. The molecule has 0 fully saturated rings. The van der Waals surface area contributed by atoms with Gasteiger partial charge in [-0.3, -0.25) is 14.4 Å². The van der Waals surface area contributed by atoms with Crippen LogP contribution in [0.3, 0.4) is 0 Å². The summed E-state index contributed by atoms with van der Waals surface area (Å²) < 4.78 is 0. The van der Waals surface area contributed by atoms with Crippen LogP contribution in [0.4, 0.5) is 0 Å². The van der Waals surface area contributed by atoms with E-state index in [2.05, 4.69) is 0 Å². The van der Waals surface area contributed by atoms with Gasteiger partial charge in [0.25, 0.3) is 0 Å². The van der Waals surface area contributed by atoms with Gasteiger partial charge in [-0.1, -0.05) is 6.92 Å². The first-order valence-electron chi connectivity index (χ1n) is 6.55. The fourth-order valence-electron chi connectivity index (χ4n) is 0.808. The molecular weight excluding hydrogens is 258 g/mol. The van der Waals surface area contributed by atoms with Crippen LogP contribution in [-0.2, 0) is 14.4 Å². The van der Waals surface area contributed by atoms with E-state index >= 15 is 0 Å². The molecule has 0 spiro atoms. The molecule has 1 unspecified atom stereocenters. The van der Waals surface area contributed by atoms with Crippen LogP contribution in [-0.4, -0.2) is 36.0 Å². The van der Waals surface area contributed by atoms with E-state index in [1.807, 2.05) is 20.8 Å². The summed E-state index contributed by atoms with van der Waals surface area (Å²) in [7, 11) is 0. The predicted molar refractivity (Wildman–Crippen MR) is 82.2 cm³/mol. The van der Waals surface area contributed by atoms with Crippen molar-refractivity contribution < 1.29 is 14.4 Å². The molecule has 0 aromatic rings. The number of carbonyl (C=O) groups excluding carboxylic acids is 3. The molecule has 120 valence electrons. The van der Waals surface area contributed by atoms with Crippen LogP contribution in [0.2, 0.25) is 0 Å². The van der Waals surface area contributed by atoms with Crippen molar-refractivity contribution in [2.45, 2.75) is 53.5 Å². The average molecular weight is 289 g/mol. The highest BCUT2D eigenvalue weighted by molar-refractivity contribution is 5.78. The molecule has 0 saturated carbocycles. The van der Waals surface area contributed by atoms with Crippen LogP contribution in [0.5, 0.6) is 0 Å². The third-order valence-corrected chi connectivity index (χ3v) is 2.04. The van der Waals surface area contributed by atoms with E-state index in [0.29, 0.717) is 13.0 Å². The summed E-state index contributed by atoms with van der Waals surface area (Å²) in [6.07, 6.45) is 0.465. The van der Waals surface area contributed by atoms with Crippen molar-refractivity contribution in [2.24, 2.45) is 23.1 Å². The van der Waals surface area contributed by atoms with Crippen LogP contribution in [0, 0.1) is 5.92 Å². The number of ketones is 3. The van der Waals surface area contributed by atoms with Crippen LogP contribution in [0.15, 0.2) is 0 Å². The van der Waals surface area contributed by atoms with Crippen molar-refractivity contribution in [2.75, 3.05) is 13.1 Å². The first-order chi connectivity index (χ1) is 8.87. The summed E-state index contributed by atoms with van der Waals surface area (Å²) in [5, 5.41) is 0. The first kappa shape index (κ1) is 23.9. The molecule has 0 bridgehead atoms. The molecule has 0 heterocycles. The largest absolute Gasteiger partial charge is 0.330 e. The first-order valence-corrected chi connectivity index (χ1v) is 6.55. The maximum absolute atomic E-state index is 10.4. The van der Waals surface area contributed by atoms with E-state index in [4.69, 9.17) is 17.2 Å². The number of rotatable bonds is 5. The minimum absolute atomic E-state index is 0.0324. The molecule has 6 heteroatoms. The van der Waals surface area contributed by atoms with Crippen molar-refractivity contribution in [3.05, 3.63) is 0 Å². The van der Waals surface area contributed by atoms with Gasteiger partial charge < -0.3 is 17.2 Å². The van der Waals surface area contributed by atoms with Gasteiger partial charge in [0.05, 0.1) is 6.54 Å². The van der Waals surface area contributed by atoms with E-state index < -0.39 is 0 Å². The number of nitrogens with two attached hydrogens (primary N) is 3.